The Hall–Kier alpha value is -3.78. The van der Waals surface area contributed by atoms with E-state index in [0.717, 1.165) is 41.5 Å². The van der Waals surface area contributed by atoms with E-state index in [1.807, 2.05) is 0 Å². The van der Waals surface area contributed by atoms with Gasteiger partial charge < -0.3 is 37.9 Å². The van der Waals surface area contributed by atoms with E-state index in [2.05, 4.69) is 0 Å². The molecule has 0 aromatic heterocycles. The van der Waals surface area contributed by atoms with Crippen molar-refractivity contribution < 1.29 is 66.7 Å². The van der Waals surface area contributed by atoms with Gasteiger partial charge in [0.25, 0.3) is 0 Å². The van der Waals surface area contributed by atoms with Crippen LogP contribution < -0.4 is 0 Å². The van der Waals surface area contributed by atoms with Crippen molar-refractivity contribution in [2.45, 2.75) is 91.4 Å². The second-order valence-corrected chi connectivity index (χ2v) is 8.53. The van der Waals surface area contributed by atoms with Crippen LogP contribution in [-0.2, 0) is 66.7 Å². The first-order chi connectivity index (χ1) is 18.7. The molecule has 0 aromatic carbocycles. The molecule has 0 radical (unpaired) electrons. The monoisotopic (exact) mass is 572 g/mol. The number of esters is 6. The molecule has 7 atom stereocenters. The predicted octanol–water partition coefficient (Wildman–Crippen LogP) is 1.08. The molecular formula is C26H36O14. The fourth-order valence-electron chi connectivity index (χ4n) is 3.60. The zero-order chi connectivity index (χ0) is 30.4. The van der Waals surface area contributed by atoms with Gasteiger partial charge in [0.2, 0.25) is 0 Å². The zero-order valence-corrected chi connectivity index (χ0v) is 23.5. The molecule has 0 aliphatic carbocycles. The first-order valence-electron chi connectivity index (χ1n) is 12.3. The fourth-order valence-corrected chi connectivity index (χ4v) is 3.60. The minimum Gasteiger partial charge on any atom is -0.463 e. The zero-order valence-electron chi connectivity index (χ0n) is 23.5. The van der Waals surface area contributed by atoms with Gasteiger partial charge in [-0.25, -0.2) is 0 Å². The van der Waals surface area contributed by atoms with Gasteiger partial charge in [0.05, 0.1) is 0 Å². The summed E-state index contributed by atoms with van der Waals surface area (Å²) in [6, 6.07) is 0. The SMILES string of the molecule is C/C=C\C=C\[C@H](O[C@@H]1O[C@H](COC(C)=O)[C@H](OC(C)=O)[C@H](OC(C)=O)[C@H]1OC(C)=O)[C@@H](COC(C)=O)OC(C)=O. The molecular weight excluding hydrogens is 536 g/mol. The molecule has 1 aliphatic rings. The summed E-state index contributed by atoms with van der Waals surface area (Å²) >= 11 is 0. The Kier molecular flexibility index (Phi) is 14.6. The van der Waals surface area contributed by atoms with Crippen LogP contribution in [0.25, 0.3) is 0 Å². The maximum Gasteiger partial charge on any atom is 0.303 e. The largest absolute Gasteiger partial charge is 0.463 e. The Labute approximate surface area is 231 Å². The second-order valence-electron chi connectivity index (χ2n) is 8.53. The van der Waals surface area contributed by atoms with Crippen molar-refractivity contribution in [3.63, 3.8) is 0 Å². The summed E-state index contributed by atoms with van der Waals surface area (Å²) in [5, 5.41) is 0. The highest BCUT2D eigenvalue weighted by Gasteiger charge is 2.53. The lowest BCUT2D eigenvalue weighted by atomic mass is 9.98. The third kappa shape index (κ3) is 12.4. The van der Waals surface area contributed by atoms with Crippen molar-refractivity contribution >= 4 is 35.8 Å². The number of carbonyl (C=O) groups is 6. The van der Waals surface area contributed by atoms with Crippen molar-refractivity contribution in [1.29, 1.82) is 0 Å². The molecule has 0 spiro atoms. The molecule has 0 N–H and O–H groups in total. The molecule has 224 valence electrons. The number of ether oxygens (including phenoxy) is 8. The first kappa shape index (κ1) is 34.2. The van der Waals surface area contributed by atoms with E-state index in [1.165, 1.54) is 6.08 Å². The normalized spacial score (nSPS) is 24.0. The van der Waals surface area contributed by atoms with Gasteiger partial charge in [0.1, 0.15) is 25.4 Å². The van der Waals surface area contributed by atoms with Crippen LogP contribution in [0, 0.1) is 0 Å². The number of hydrogen-bond acceptors (Lipinski definition) is 14. The van der Waals surface area contributed by atoms with Crippen LogP contribution in [0.5, 0.6) is 0 Å². The molecule has 0 aromatic rings. The second kappa shape index (κ2) is 17.0. The van der Waals surface area contributed by atoms with Crippen LogP contribution in [-0.4, -0.2) is 91.9 Å². The van der Waals surface area contributed by atoms with Crippen LogP contribution in [0.2, 0.25) is 0 Å². The van der Waals surface area contributed by atoms with Gasteiger partial charge in [-0.2, -0.15) is 0 Å². The summed E-state index contributed by atoms with van der Waals surface area (Å²) in [6.45, 7) is 7.59. The van der Waals surface area contributed by atoms with Crippen LogP contribution in [0.3, 0.4) is 0 Å². The molecule has 14 heteroatoms. The van der Waals surface area contributed by atoms with Gasteiger partial charge in [-0.05, 0) is 6.92 Å². The highest BCUT2D eigenvalue weighted by Crippen LogP contribution is 2.31. The Morgan fingerprint density at radius 1 is 0.700 bits per heavy atom. The van der Waals surface area contributed by atoms with Gasteiger partial charge in [-0.3, -0.25) is 28.8 Å². The third-order valence-electron chi connectivity index (χ3n) is 4.98. The number of carbonyl (C=O) groups excluding carboxylic acids is 6. The Morgan fingerprint density at radius 2 is 1.25 bits per heavy atom. The molecule has 0 bridgehead atoms. The summed E-state index contributed by atoms with van der Waals surface area (Å²) in [5.41, 5.74) is 0. The minimum absolute atomic E-state index is 0.412. The van der Waals surface area contributed by atoms with E-state index < -0.39 is 91.9 Å². The van der Waals surface area contributed by atoms with Gasteiger partial charge in [0, 0.05) is 41.5 Å². The van der Waals surface area contributed by atoms with Gasteiger partial charge in [-0.15, -0.1) is 0 Å². The average Bonchev–Trinajstić information content (AvgIpc) is 2.82. The van der Waals surface area contributed by atoms with Crippen molar-refractivity contribution in [1.82, 2.24) is 0 Å². The molecule has 1 heterocycles. The van der Waals surface area contributed by atoms with Gasteiger partial charge >= 0.3 is 35.8 Å². The highest BCUT2D eigenvalue weighted by molar-refractivity contribution is 5.69. The quantitative estimate of drug-likeness (QED) is 0.174. The minimum atomic E-state index is -1.56. The molecule has 0 saturated carbocycles. The molecule has 40 heavy (non-hydrogen) atoms. The first-order valence-corrected chi connectivity index (χ1v) is 12.3. The lowest BCUT2D eigenvalue weighted by molar-refractivity contribution is -0.318. The third-order valence-corrected chi connectivity index (χ3v) is 4.98. The van der Waals surface area contributed by atoms with Crippen molar-refractivity contribution in [3.8, 4) is 0 Å². The van der Waals surface area contributed by atoms with Gasteiger partial charge in [-0.1, -0.05) is 24.3 Å². The molecule has 0 unspecified atom stereocenters. The Bertz CT molecular complexity index is 970. The van der Waals surface area contributed by atoms with Crippen LogP contribution in [0.4, 0.5) is 0 Å². The van der Waals surface area contributed by atoms with E-state index in [-0.39, 0.29) is 0 Å². The Balaban J connectivity index is 3.62. The molecule has 1 aliphatic heterocycles. The molecule has 1 fully saturated rings. The summed E-state index contributed by atoms with van der Waals surface area (Å²) in [4.78, 5) is 70.9. The summed E-state index contributed by atoms with van der Waals surface area (Å²) in [5.74, 6) is -4.48. The average molecular weight is 573 g/mol. The standard InChI is InChI=1S/C26H36O14/c1-8-9-10-11-20(21(35-16(4)29)12-33-14(2)27)39-26-25(38-19(7)32)24(37-18(6)31)23(36-17(5)30)22(40-26)13-34-15(3)28/h8-11,20-26H,12-13H2,1-7H3/b9-8-,11-10+/t20-,21+,22+,23-,24-,25+,26+/m0/s1. The van der Waals surface area contributed by atoms with E-state index >= 15 is 0 Å². The van der Waals surface area contributed by atoms with Crippen LogP contribution in [0.15, 0.2) is 24.3 Å². The smallest absolute Gasteiger partial charge is 0.303 e. The van der Waals surface area contributed by atoms with E-state index in [0.29, 0.717) is 0 Å². The molecule has 1 saturated heterocycles. The van der Waals surface area contributed by atoms with Crippen molar-refractivity contribution in [3.05, 3.63) is 24.3 Å². The lowest BCUT2D eigenvalue weighted by Gasteiger charge is -2.45. The van der Waals surface area contributed by atoms with Crippen molar-refractivity contribution in [2.75, 3.05) is 13.2 Å². The van der Waals surface area contributed by atoms with Crippen LogP contribution >= 0.6 is 0 Å². The van der Waals surface area contributed by atoms with Gasteiger partial charge in [0.15, 0.2) is 30.7 Å². The van der Waals surface area contributed by atoms with Crippen molar-refractivity contribution in [2.24, 2.45) is 0 Å². The number of allylic oxidation sites excluding steroid dienone is 3. The molecule has 14 nitrogen and oxygen atoms in total. The molecule has 1 rings (SSSR count). The number of rotatable bonds is 13. The van der Waals surface area contributed by atoms with E-state index in [9.17, 15) is 28.8 Å². The summed E-state index contributed by atoms with van der Waals surface area (Å²) in [7, 11) is 0. The van der Waals surface area contributed by atoms with E-state index in [4.69, 9.17) is 37.9 Å². The summed E-state index contributed by atoms with van der Waals surface area (Å²) in [6.07, 6.45) is -3.19. The maximum absolute atomic E-state index is 12.1. The maximum atomic E-state index is 12.1. The summed E-state index contributed by atoms with van der Waals surface area (Å²) < 4.78 is 43.6. The number of hydrogen-bond donors (Lipinski definition) is 0. The fraction of sp³-hybridized carbons (Fsp3) is 0.615. The lowest BCUT2D eigenvalue weighted by Crippen LogP contribution is -2.63. The van der Waals surface area contributed by atoms with E-state index in [1.54, 1.807) is 25.2 Å². The molecule has 0 amide bonds. The Morgan fingerprint density at radius 3 is 1.75 bits per heavy atom. The highest BCUT2D eigenvalue weighted by atomic mass is 16.7. The van der Waals surface area contributed by atoms with Crippen LogP contribution in [0.1, 0.15) is 48.5 Å². The topological polar surface area (TPSA) is 176 Å². The predicted molar refractivity (Wildman–Crippen MR) is 133 cm³/mol.